The van der Waals surface area contributed by atoms with Crippen molar-refractivity contribution in [2.45, 2.75) is 12.3 Å². The summed E-state index contributed by atoms with van der Waals surface area (Å²) >= 11 is 5.70. The van der Waals surface area contributed by atoms with Crippen LogP contribution >= 0.6 is 11.6 Å². The first-order chi connectivity index (χ1) is 9.97. The molecule has 114 valence electrons. The Kier molecular flexibility index (Phi) is 5.20. The van der Waals surface area contributed by atoms with Gasteiger partial charge in [0, 0.05) is 37.4 Å². The fourth-order valence-corrected chi connectivity index (χ4v) is 2.18. The molecular weight excluding hydrogens is 290 g/mol. The zero-order valence-corrected chi connectivity index (χ0v) is 13.1. The van der Waals surface area contributed by atoms with Crippen LogP contribution in [0.15, 0.2) is 24.3 Å². The average molecular weight is 310 g/mol. The molecule has 1 aliphatic heterocycles. The van der Waals surface area contributed by atoms with Crippen LogP contribution in [0.4, 0.5) is 5.69 Å². The topological polar surface area (TPSA) is 52.7 Å². The van der Waals surface area contributed by atoms with E-state index in [0.717, 1.165) is 26.2 Å². The molecule has 0 saturated carbocycles. The van der Waals surface area contributed by atoms with E-state index in [2.05, 4.69) is 17.3 Å². The monoisotopic (exact) mass is 309 g/mol. The summed E-state index contributed by atoms with van der Waals surface area (Å²) in [6, 6.07) is 6.91. The van der Waals surface area contributed by atoms with Gasteiger partial charge in [0.25, 0.3) is 5.91 Å². The molecule has 1 fully saturated rings. The van der Waals surface area contributed by atoms with E-state index in [-0.39, 0.29) is 11.8 Å². The fraction of sp³-hybridized carbons (Fsp3) is 0.467. The Labute approximate surface area is 129 Å². The molecule has 5 nitrogen and oxygen atoms in total. The van der Waals surface area contributed by atoms with Gasteiger partial charge in [0.05, 0.1) is 0 Å². The van der Waals surface area contributed by atoms with Crippen LogP contribution in [-0.4, -0.2) is 60.2 Å². The summed E-state index contributed by atoms with van der Waals surface area (Å²) in [7, 11) is 2.05. The molecule has 21 heavy (non-hydrogen) atoms. The molecule has 1 unspecified atom stereocenters. The molecule has 1 heterocycles. The molecule has 0 spiro atoms. The van der Waals surface area contributed by atoms with E-state index < -0.39 is 5.38 Å². The number of nitrogens with one attached hydrogen (secondary N) is 1. The maximum atomic E-state index is 12.3. The second kappa shape index (κ2) is 6.91. The van der Waals surface area contributed by atoms with E-state index >= 15 is 0 Å². The first-order valence-electron chi connectivity index (χ1n) is 7.00. The van der Waals surface area contributed by atoms with Gasteiger partial charge in [-0.2, -0.15) is 0 Å². The van der Waals surface area contributed by atoms with Gasteiger partial charge >= 0.3 is 0 Å². The Hall–Kier alpha value is -1.59. The lowest BCUT2D eigenvalue weighted by Crippen LogP contribution is -2.47. The largest absolute Gasteiger partial charge is 0.336 e. The second-order valence-electron chi connectivity index (χ2n) is 5.28. The number of rotatable bonds is 3. The molecule has 2 rings (SSSR count). The number of alkyl halides is 1. The quantitative estimate of drug-likeness (QED) is 0.864. The molecule has 1 saturated heterocycles. The van der Waals surface area contributed by atoms with Gasteiger partial charge in [-0.25, -0.2) is 0 Å². The average Bonchev–Trinajstić information content (AvgIpc) is 2.48. The van der Waals surface area contributed by atoms with Crippen LogP contribution in [0, 0.1) is 0 Å². The number of anilines is 1. The van der Waals surface area contributed by atoms with Crippen molar-refractivity contribution < 1.29 is 9.59 Å². The summed E-state index contributed by atoms with van der Waals surface area (Å²) in [6.07, 6.45) is 0. The third-order valence-corrected chi connectivity index (χ3v) is 3.75. The van der Waals surface area contributed by atoms with Crippen LogP contribution in [0.5, 0.6) is 0 Å². The number of benzene rings is 1. The molecule has 0 bridgehead atoms. The maximum absolute atomic E-state index is 12.3. The minimum Gasteiger partial charge on any atom is -0.336 e. The van der Waals surface area contributed by atoms with Crippen LogP contribution < -0.4 is 5.32 Å². The first-order valence-corrected chi connectivity index (χ1v) is 7.44. The van der Waals surface area contributed by atoms with Crippen molar-refractivity contribution in [3.63, 3.8) is 0 Å². The molecular formula is C15H20ClN3O2. The normalized spacial score (nSPS) is 17.4. The fourth-order valence-electron chi connectivity index (χ4n) is 2.13. The third-order valence-electron chi connectivity index (χ3n) is 3.55. The number of amides is 2. The Morgan fingerprint density at radius 1 is 1.14 bits per heavy atom. The minimum absolute atomic E-state index is 0.0340. The van der Waals surface area contributed by atoms with E-state index in [4.69, 9.17) is 11.6 Å². The van der Waals surface area contributed by atoms with Crippen molar-refractivity contribution in [3.05, 3.63) is 29.8 Å². The van der Waals surface area contributed by atoms with Crippen LogP contribution in [0.2, 0.25) is 0 Å². The summed E-state index contributed by atoms with van der Waals surface area (Å²) in [6.45, 7) is 4.90. The zero-order valence-electron chi connectivity index (χ0n) is 12.3. The summed E-state index contributed by atoms with van der Waals surface area (Å²) in [5.41, 5.74) is 1.28. The summed E-state index contributed by atoms with van der Waals surface area (Å²) in [4.78, 5) is 27.9. The van der Waals surface area contributed by atoms with Crippen LogP contribution in [0.25, 0.3) is 0 Å². The van der Waals surface area contributed by atoms with Gasteiger partial charge < -0.3 is 15.1 Å². The predicted octanol–water partition coefficient (Wildman–Crippen LogP) is 1.64. The van der Waals surface area contributed by atoms with Crippen molar-refractivity contribution in [2.24, 2.45) is 0 Å². The molecule has 0 aliphatic carbocycles. The number of hydrogen-bond acceptors (Lipinski definition) is 3. The van der Waals surface area contributed by atoms with E-state index in [1.807, 2.05) is 4.90 Å². The Balaban J connectivity index is 1.98. The lowest BCUT2D eigenvalue weighted by Gasteiger charge is -2.32. The molecule has 0 aromatic heterocycles. The standard InChI is InChI=1S/C15H20ClN3O2/c1-11(16)14(20)17-13-5-3-12(4-6-13)15(21)19-9-7-18(2)8-10-19/h3-6,11H,7-10H2,1-2H3,(H,17,20). The molecule has 1 N–H and O–H groups in total. The van der Waals surface area contributed by atoms with Crippen molar-refractivity contribution in [1.29, 1.82) is 0 Å². The van der Waals surface area contributed by atoms with E-state index in [9.17, 15) is 9.59 Å². The molecule has 0 radical (unpaired) electrons. The highest BCUT2D eigenvalue weighted by Crippen LogP contribution is 2.13. The van der Waals surface area contributed by atoms with Gasteiger partial charge in [-0.3, -0.25) is 9.59 Å². The zero-order chi connectivity index (χ0) is 15.4. The summed E-state index contributed by atoms with van der Waals surface area (Å²) in [5.74, 6) is -0.221. The van der Waals surface area contributed by atoms with Gasteiger partial charge in [0.1, 0.15) is 5.38 Å². The highest BCUT2D eigenvalue weighted by Gasteiger charge is 2.20. The molecule has 1 aliphatic rings. The molecule has 2 amide bonds. The number of likely N-dealkylation sites (N-methyl/N-ethyl adjacent to an activating group) is 1. The van der Waals surface area contributed by atoms with E-state index in [1.165, 1.54) is 0 Å². The summed E-state index contributed by atoms with van der Waals surface area (Å²) in [5, 5.41) is 2.10. The number of hydrogen-bond donors (Lipinski definition) is 1. The first kappa shape index (κ1) is 15.8. The Morgan fingerprint density at radius 2 is 1.71 bits per heavy atom. The number of piperazine rings is 1. The number of halogens is 1. The van der Waals surface area contributed by atoms with Crippen molar-refractivity contribution in [1.82, 2.24) is 9.80 Å². The Morgan fingerprint density at radius 3 is 2.24 bits per heavy atom. The maximum Gasteiger partial charge on any atom is 0.253 e. The number of carbonyl (C=O) groups excluding carboxylic acids is 2. The van der Waals surface area contributed by atoms with Gasteiger partial charge in [-0.1, -0.05) is 0 Å². The van der Waals surface area contributed by atoms with Gasteiger partial charge in [0.15, 0.2) is 0 Å². The lowest BCUT2D eigenvalue weighted by molar-refractivity contribution is -0.115. The third kappa shape index (κ3) is 4.19. The minimum atomic E-state index is -0.586. The Bertz CT molecular complexity index is 508. The van der Waals surface area contributed by atoms with Crippen LogP contribution in [0.3, 0.4) is 0 Å². The van der Waals surface area contributed by atoms with Crippen molar-refractivity contribution in [3.8, 4) is 0 Å². The summed E-state index contributed by atoms with van der Waals surface area (Å²) < 4.78 is 0. The highest BCUT2D eigenvalue weighted by atomic mass is 35.5. The molecule has 6 heteroatoms. The smallest absolute Gasteiger partial charge is 0.253 e. The number of carbonyl (C=O) groups is 2. The molecule has 1 atom stereocenters. The molecule has 1 aromatic carbocycles. The second-order valence-corrected chi connectivity index (χ2v) is 5.93. The highest BCUT2D eigenvalue weighted by molar-refractivity contribution is 6.32. The van der Waals surface area contributed by atoms with Gasteiger partial charge in [-0.05, 0) is 38.2 Å². The van der Waals surface area contributed by atoms with E-state index in [0.29, 0.717) is 11.3 Å². The SMILES string of the molecule is CC(Cl)C(=O)Nc1ccc(C(=O)N2CCN(C)CC2)cc1. The lowest BCUT2D eigenvalue weighted by atomic mass is 10.1. The predicted molar refractivity (Wildman–Crippen MR) is 83.8 cm³/mol. The van der Waals surface area contributed by atoms with Gasteiger partial charge in [0.2, 0.25) is 5.91 Å². The van der Waals surface area contributed by atoms with Crippen molar-refractivity contribution >= 4 is 29.1 Å². The molecule has 1 aromatic rings. The van der Waals surface area contributed by atoms with E-state index in [1.54, 1.807) is 31.2 Å². The van der Waals surface area contributed by atoms with Crippen LogP contribution in [0.1, 0.15) is 17.3 Å². The van der Waals surface area contributed by atoms with Crippen LogP contribution in [-0.2, 0) is 4.79 Å². The number of nitrogens with zero attached hydrogens (tertiary/aromatic N) is 2. The van der Waals surface area contributed by atoms with Crippen molar-refractivity contribution in [2.75, 3.05) is 38.5 Å². The van der Waals surface area contributed by atoms with Gasteiger partial charge in [-0.15, -0.1) is 11.6 Å².